The average molecular weight is 394 g/mol. The number of aliphatic hydroxyl groups is 1. The standard InChI is InChI=1S/C17H20ClN5O4/c18-8-1-9-14(21-15(8)23-6-17(7-23)4-19-5-17)22-16(20-9)27-11-3-26-12-10(24)2-25-13(11)12/h1,10-13,19,24H,2-7H2,(H,20,21,22). The molecule has 4 fully saturated rings. The highest BCUT2D eigenvalue weighted by atomic mass is 35.5. The zero-order chi connectivity index (χ0) is 18.2. The van der Waals surface area contributed by atoms with Crippen molar-refractivity contribution in [1.29, 1.82) is 0 Å². The molecule has 0 radical (unpaired) electrons. The van der Waals surface area contributed by atoms with Gasteiger partial charge in [-0.05, 0) is 6.07 Å². The number of pyridine rings is 1. The van der Waals surface area contributed by atoms with Gasteiger partial charge in [-0.2, -0.15) is 4.98 Å². The molecule has 10 heteroatoms. The van der Waals surface area contributed by atoms with Gasteiger partial charge in [0.2, 0.25) is 0 Å². The second-order valence-electron chi connectivity index (χ2n) is 7.99. The van der Waals surface area contributed by atoms with Crippen LogP contribution in [0.3, 0.4) is 0 Å². The van der Waals surface area contributed by atoms with E-state index in [0.29, 0.717) is 28.7 Å². The van der Waals surface area contributed by atoms with E-state index in [0.717, 1.165) is 37.5 Å². The molecule has 3 N–H and O–H groups in total. The van der Waals surface area contributed by atoms with Crippen molar-refractivity contribution in [1.82, 2.24) is 20.3 Å². The number of aromatic nitrogens is 3. The molecule has 0 saturated carbocycles. The molecule has 1 spiro atoms. The Bertz CT molecular complexity index is 895. The van der Waals surface area contributed by atoms with Gasteiger partial charge in [-0.15, -0.1) is 0 Å². The number of ether oxygens (including phenoxy) is 3. The molecule has 0 aliphatic carbocycles. The van der Waals surface area contributed by atoms with E-state index in [-0.39, 0.29) is 24.9 Å². The summed E-state index contributed by atoms with van der Waals surface area (Å²) in [5.74, 6) is 0.770. The first-order valence-corrected chi connectivity index (χ1v) is 9.58. The van der Waals surface area contributed by atoms with Crippen LogP contribution in [-0.2, 0) is 9.47 Å². The highest BCUT2D eigenvalue weighted by Crippen LogP contribution is 2.40. The Morgan fingerprint density at radius 2 is 2.04 bits per heavy atom. The van der Waals surface area contributed by atoms with Crippen molar-refractivity contribution in [3.05, 3.63) is 11.1 Å². The fourth-order valence-corrected chi connectivity index (χ4v) is 4.74. The summed E-state index contributed by atoms with van der Waals surface area (Å²) in [5, 5.41) is 13.8. The minimum Gasteiger partial charge on any atom is -0.456 e. The summed E-state index contributed by atoms with van der Waals surface area (Å²) >= 11 is 6.46. The molecule has 0 amide bonds. The van der Waals surface area contributed by atoms with Gasteiger partial charge in [0.15, 0.2) is 11.8 Å². The summed E-state index contributed by atoms with van der Waals surface area (Å²) in [6, 6.07) is 2.19. The van der Waals surface area contributed by atoms with Crippen LogP contribution in [-0.4, -0.2) is 83.9 Å². The van der Waals surface area contributed by atoms with Crippen LogP contribution in [0, 0.1) is 5.41 Å². The molecule has 4 saturated heterocycles. The molecule has 6 heterocycles. The van der Waals surface area contributed by atoms with Crippen molar-refractivity contribution >= 4 is 28.6 Å². The van der Waals surface area contributed by atoms with E-state index in [4.69, 9.17) is 25.8 Å². The van der Waals surface area contributed by atoms with Gasteiger partial charge in [-0.1, -0.05) is 11.6 Å². The molecule has 4 unspecified atom stereocenters. The first kappa shape index (κ1) is 16.3. The largest absolute Gasteiger partial charge is 0.456 e. The van der Waals surface area contributed by atoms with E-state index in [1.54, 1.807) is 0 Å². The fourth-order valence-electron chi connectivity index (χ4n) is 4.47. The highest BCUT2D eigenvalue weighted by molar-refractivity contribution is 6.33. The third-order valence-corrected chi connectivity index (χ3v) is 6.26. The number of imidazole rings is 1. The van der Waals surface area contributed by atoms with Crippen LogP contribution >= 0.6 is 11.6 Å². The van der Waals surface area contributed by atoms with Crippen LogP contribution in [0.25, 0.3) is 11.2 Å². The minimum absolute atomic E-state index is 0.267. The van der Waals surface area contributed by atoms with E-state index in [9.17, 15) is 5.11 Å². The van der Waals surface area contributed by atoms with E-state index in [2.05, 4.69) is 25.2 Å². The molecule has 2 aromatic rings. The van der Waals surface area contributed by atoms with Gasteiger partial charge in [0.1, 0.15) is 24.1 Å². The van der Waals surface area contributed by atoms with Crippen LogP contribution < -0.4 is 15.0 Å². The summed E-state index contributed by atoms with van der Waals surface area (Å²) in [5.41, 5.74) is 1.69. The maximum absolute atomic E-state index is 9.84. The third-order valence-electron chi connectivity index (χ3n) is 5.98. The van der Waals surface area contributed by atoms with Crippen molar-refractivity contribution in [2.45, 2.75) is 24.4 Å². The van der Waals surface area contributed by atoms with Crippen LogP contribution in [0.5, 0.6) is 6.01 Å². The molecular weight excluding hydrogens is 374 g/mol. The lowest BCUT2D eigenvalue weighted by Gasteiger charge is -2.56. The molecule has 6 rings (SSSR count). The number of hydrogen-bond acceptors (Lipinski definition) is 8. The van der Waals surface area contributed by atoms with Gasteiger partial charge in [0, 0.05) is 31.6 Å². The Labute approximate surface area is 160 Å². The molecule has 0 bridgehead atoms. The van der Waals surface area contributed by atoms with Crippen molar-refractivity contribution in [2.24, 2.45) is 5.41 Å². The Balaban J connectivity index is 1.22. The molecule has 4 atom stereocenters. The Morgan fingerprint density at radius 1 is 1.22 bits per heavy atom. The van der Waals surface area contributed by atoms with Gasteiger partial charge in [-0.25, -0.2) is 4.98 Å². The molecule has 0 aromatic carbocycles. The lowest BCUT2D eigenvalue weighted by Crippen LogP contribution is -2.71. The summed E-state index contributed by atoms with van der Waals surface area (Å²) in [6.07, 6.45) is -1.54. The monoisotopic (exact) mass is 393 g/mol. The number of aliphatic hydroxyl groups excluding tert-OH is 1. The zero-order valence-corrected chi connectivity index (χ0v) is 15.3. The van der Waals surface area contributed by atoms with Crippen LogP contribution in [0.4, 0.5) is 5.82 Å². The van der Waals surface area contributed by atoms with Gasteiger partial charge in [0.25, 0.3) is 6.01 Å². The molecule has 4 aliphatic rings. The zero-order valence-electron chi connectivity index (χ0n) is 14.5. The molecule has 9 nitrogen and oxygen atoms in total. The number of nitrogens with one attached hydrogen (secondary N) is 2. The predicted octanol–water partition coefficient (Wildman–Crippen LogP) is -0.0732. The van der Waals surface area contributed by atoms with Crippen molar-refractivity contribution in [2.75, 3.05) is 44.3 Å². The number of anilines is 1. The number of aromatic amines is 1. The average Bonchev–Trinajstić information content (AvgIpc) is 3.23. The Morgan fingerprint density at radius 3 is 2.81 bits per heavy atom. The van der Waals surface area contributed by atoms with Crippen LogP contribution in [0.15, 0.2) is 6.07 Å². The predicted molar refractivity (Wildman–Crippen MR) is 96.3 cm³/mol. The number of halogens is 1. The van der Waals surface area contributed by atoms with Gasteiger partial charge in [0.05, 0.1) is 23.8 Å². The van der Waals surface area contributed by atoms with E-state index >= 15 is 0 Å². The number of nitrogens with zero attached hydrogens (tertiary/aromatic N) is 3. The van der Waals surface area contributed by atoms with Crippen LogP contribution in [0.2, 0.25) is 5.02 Å². The molecule has 144 valence electrons. The van der Waals surface area contributed by atoms with Crippen molar-refractivity contribution in [3.63, 3.8) is 0 Å². The maximum Gasteiger partial charge on any atom is 0.296 e. The lowest BCUT2D eigenvalue weighted by molar-refractivity contribution is 0.00706. The molecule has 27 heavy (non-hydrogen) atoms. The second kappa shape index (κ2) is 5.68. The summed E-state index contributed by atoms with van der Waals surface area (Å²) in [6.45, 7) is 4.68. The molecular formula is C17H20ClN5O4. The van der Waals surface area contributed by atoms with Crippen LogP contribution in [0.1, 0.15) is 0 Å². The van der Waals surface area contributed by atoms with Gasteiger partial charge >= 0.3 is 0 Å². The summed E-state index contributed by atoms with van der Waals surface area (Å²) in [4.78, 5) is 14.4. The number of rotatable bonds is 3. The summed E-state index contributed by atoms with van der Waals surface area (Å²) in [7, 11) is 0. The molecule has 2 aromatic heterocycles. The fraction of sp³-hybridized carbons (Fsp3) is 0.647. The van der Waals surface area contributed by atoms with E-state index in [1.807, 2.05) is 6.07 Å². The minimum atomic E-state index is -0.604. The topological polar surface area (TPSA) is 105 Å². The number of hydrogen-bond donors (Lipinski definition) is 3. The normalized spacial score (nSPS) is 33.9. The van der Waals surface area contributed by atoms with Crippen molar-refractivity contribution < 1.29 is 19.3 Å². The smallest absolute Gasteiger partial charge is 0.296 e. The summed E-state index contributed by atoms with van der Waals surface area (Å²) < 4.78 is 17.1. The Kier molecular flexibility index (Phi) is 3.43. The molecule has 4 aliphatic heterocycles. The third kappa shape index (κ3) is 2.46. The van der Waals surface area contributed by atoms with Gasteiger partial charge in [-0.3, -0.25) is 0 Å². The lowest BCUT2D eigenvalue weighted by atomic mass is 9.74. The first-order valence-electron chi connectivity index (χ1n) is 9.20. The SMILES string of the molecule is OC1COC2C(Oc3nc4nc(N5CC6(CNC6)C5)c(Cl)cc4[nH]3)COC12. The highest BCUT2D eigenvalue weighted by Gasteiger charge is 2.49. The maximum atomic E-state index is 9.84. The Hall–Kier alpha value is -1.65. The quantitative estimate of drug-likeness (QED) is 0.665. The number of H-pyrrole nitrogens is 1. The second-order valence-corrected chi connectivity index (χ2v) is 8.39. The van der Waals surface area contributed by atoms with E-state index in [1.165, 1.54) is 0 Å². The van der Waals surface area contributed by atoms with Gasteiger partial charge < -0.3 is 34.5 Å². The van der Waals surface area contributed by atoms with E-state index < -0.39 is 6.10 Å². The van der Waals surface area contributed by atoms with Crippen molar-refractivity contribution in [3.8, 4) is 6.01 Å². The number of fused-ring (bicyclic) bond motifs is 2. The first-order chi connectivity index (χ1) is 13.1.